The van der Waals surface area contributed by atoms with Crippen molar-refractivity contribution in [2.45, 2.75) is 40.5 Å². The first-order chi connectivity index (χ1) is 11.0. The maximum atomic E-state index is 9.79. The van der Waals surface area contributed by atoms with E-state index >= 15 is 0 Å². The Labute approximate surface area is 139 Å². The quantitative estimate of drug-likeness (QED) is 0.539. The van der Waals surface area contributed by atoms with E-state index in [2.05, 4.69) is 26.8 Å². The van der Waals surface area contributed by atoms with Gasteiger partial charge in [-0.05, 0) is 63.8 Å². The second kappa shape index (κ2) is 7.77. The molecule has 1 aliphatic rings. The minimum absolute atomic E-state index is 0.260. The standard InChI is InChI=1S/C21H25NO/c1-5-6-7-9-15(2)21(19-10-8-11-20(23)14-19)22-17(4)16(3)18-12-13-18/h5-11,14,23H,12-13H2,1-4H3/b6-5-,9-7-,21-15+,22-17?. The topological polar surface area (TPSA) is 32.6 Å². The van der Waals surface area contributed by atoms with E-state index in [0.717, 1.165) is 22.5 Å². The molecule has 1 aromatic rings. The third-order valence-corrected chi connectivity index (χ3v) is 4.00. The molecule has 2 rings (SSSR count). The maximum Gasteiger partial charge on any atom is 0.116 e. The first-order valence-electron chi connectivity index (χ1n) is 8.07. The highest BCUT2D eigenvalue weighted by Gasteiger charge is 2.16. The zero-order chi connectivity index (χ0) is 16.8. The number of hydrogen-bond donors (Lipinski definition) is 1. The molecule has 2 nitrogen and oxygen atoms in total. The van der Waals surface area contributed by atoms with Crippen molar-refractivity contribution in [1.29, 1.82) is 0 Å². The number of nitrogens with zero attached hydrogens (tertiary/aromatic N) is 1. The molecule has 1 aromatic carbocycles. The largest absolute Gasteiger partial charge is 0.508 e. The Bertz CT molecular complexity index is 724. The van der Waals surface area contributed by atoms with Crippen LogP contribution in [0.25, 0.3) is 5.70 Å². The number of hydrogen-bond acceptors (Lipinski definition) is 2. The second-order valence-electron chi connectivity index (χ2n) is 5.89. The van der Waals surface area contributed by atoms with Crippen LogP contribution in [0.4, 0.5) is 0 Å². The van der Waals surface area contributed by atoms with Crippen molar-refractivity contribution in [2.24, 2.45) is 4.99 Å². The average Bonchev–Trinajstić information content (AvgIpc) is 3.36. The Hall–Kier alpha value is -2.35. The molecule has 120 valence electrons. The van der Waals surface area contributed by atoms with E-state index in [-0.39, 0.29) is 5.75 Å². The fourth-order valence-corrected chi connectivity index (χ4v) is 2.37. The Morgan fingerprint density at radius 1 is 1.13 bits per heavy atom. The van der Waals surface area contributed by atoms with Gasteiger partial charge in [0, 0.05) is 11.3 Å². The van der Waals surface area contributed by atoms with Crippen molar-refractivity contribution in [3.63, 3.8) is 0 Å². The first-order valence-corrected chi connectivity index (χ1v) is 8.07. The van der Waals surface area contributed by atoms with E-state index in [1.807, 2.05) is 37.3 Å². The highest BCUT2D eigenvalue weighted by molar-refractivity contribution is 6.02. The van der Waals surface area contributed by atoms with E-state index < -0.39 is 0 Å². The molecular weight excluding hydrogens is 282 g/mol. The molecule has 0 radical (unpaired) electrons. The van der Waals surface area contributed by atoms with Gasteiger partial charge in [-0.15, -0.1) is 0 Å². The number of rotatable bonds is 5. The van der Waals surface area contributed by atoms with E-state index in [4.69, 9.17) is 4.99 Å². The molecule has 0 spiro atoms. The van der Waals surface area contributed by atoms with Crippen LogP contribution in [0.15, 0.2) is 70.3 Å². The van der Waals surface area contributed by atoms with Gasteiger partial charge in [0.25, 0.3) is 0 Å². The van der Waals surface area contributed by atoms with Crippen LogP contribution in [0.3, 0.4) is 0 Å². The number of phenolic OH excluding ortho intramolecular Hbond substituents is 1. The minimum Gasteiger partial charge on any atom is -0.508 e. The lowest BCUT2D eigenvalue weighted by molar-refractivity contribution is 0.475. The van der Waals surface area contributed by atoms with Crippen LogP contribution < -0.4 is 0 Å². The minimum atomic E-state index is 0.260. The molecule has 2 heteroatoms. The zero-order valence-electron chi connectivity index (χ0n) is 14.4. The normalized spacial score (nSPS) is 16.2. The van der Waals surface area contributed by atoms with Gasteiger partial charge in [0.2, 0.25) is 0 Å². The van der Waals surface area contributed by atoms with Gasteiger partial charge in [0.05, 0.1) is 5.70 Å². The van der Waals surface area contributed by atoms with Crippen LogP contribution in [0.5, 0.6) is 5.75 Å². The number of allylic oxidation sites excluding steroid dienone is 7. The molecule has 0 bridgehead atoms. The number of benzene rings is 1. The van der Waals surface area contributed by atoms with E-state index in [9.17, 15) is 5.11 Å². The SMILES string of the molecule is C\C=C/C=C\C(C)=C(\N=C(C)C(C)=C1CC1)c1cccc(O)c1. The molecule has 1 fully saturated rings. The van der Waals surface area contributed by atoms with E-state index in [1.165, 1.54) is 24.0 Å². The number of phenols is 1. The predicted molar refractivity (Wildman–Crippen MR) is 99.7 cm³/mol. The average molecular weight is 307 g/mol. The van der Waals surface area contributed by atoms with Gasteiger partial charge in [0.15, 0.2) is 0 Å². The highest BCUT2D eigenvalue weighted by Crippen LogP contribution is 2.33. The van der Waals surface area contributed by atoms with Crippen LogP contribution in [-0.4, -0.2) is 10.8 Å². The van der Waals surface area contributed by atoms with Crippen molar-refractivity contribution in [3.8, 4) is 5.75 Å². The third kappa shape index (κ3) is 4.82. The summed E-state index contributed by atoms with van der Waals surface area (Å²) in [6, 6.07) is 7.28. The molecule has 0 atom stereocenters. The van der Waals surface area contributed by atoms with Gasteiger partial charge in [0.1, 0.15) is 5.75 Å². The summed E-state index contributed by atoms with van der Waals surface area (Å²) >= 11 is 0. The van der Waals surface area contributed by atoms with Crippen molar-refractivity contribution < 1.29 is 5.11 Å². The van der Waals surface area contributed by atoms with Crippen LogP contribution in [0, 0.1) is 0 Å². The summed E-state index contributed by atoms with van der Waals surface area (Å²) in [5, 5.41) is 9.79. The second-order valence-corrected chi connectivity index (χ2v) is 5.89. The zero-order valence-corrected chi connectivity index (χ0v) is 14.4. The van der Waals surface area contributed by atoms with Gasteiger partial charge in [-0.1, -0.05) is 42.0 Å². The fraction of sp³-hybridized carbons (Fsp3) is 0.286. The number of aliphatic imine (C=N–C) groups is 1. The smallest absolute Gasteiger partial charge is 0.116 e. The summed E-state index contributed by atoms with van der Waals surface area (Å²) < 4.78 is 0. The molecule has 0 aromatic heterocycles. The molecule has 1 saturated carbocycles. The summed E-state index contributed by atoms with van der Waals surface area (Å²) in [4.78, 5) is 4.88. The highest BCUT2D eigenvalue weighted by atomic mass is 16.3. The third-order valence-electron chi connectivity index (χ3n) is 4.00. The lowest BCUT2D eigenvalue weighted by atomic mass is 10.1. The Kier molecular flexibility index (Phi) is 5.75. The van der Waals surface area contributed by atoms with Crippen molar-refractivity contribution >= 4 is 11.4 Å². The Balaban J connectivity index is 2.49. The summed E-state index contributed by atoms with van der Waals surface area (Å²) in [6.07, 6.45) is 10.4. The summed E-state index contributed by atoms with van der Waals surface area (Å²) in [7, 11) is 0. The lowest BCUT2D eigenvalue weighted by Gasteiger charge is -2.09. The monoisotopic (exact) mass is 307 g/mol. The molecule has 1 N–H and O–H groups in total. The molecular formula is C21H25NO. The van der Waals surface area contributed by atoms with Gasteiger partial charge in [-0.25, -0.2) is 0 Å². The van der Waals surface area contributed by atoms with Gasteiger partial charge in [-0.2, -0.15) is 0 Å². The molecule has 0 aliphatic heterocycles. The Morgan fingerprint density at radius 3 is 2.48 bits per heavy atom. The molecule has 0 amide bonds. The van der Waals surface area contributed by atoms with Gasteiger partial charge < -0.3 is 5.11 Å². The molecule has 0 saturated heterocycles. The lowest BCUT2D eigenvalue weighted by Crippen LogP contribution is -1.96. The summed E-state index contributed by atoms with van der Waals surface area (Å²) in [5.41, 5.74) is 6.76. The molecule has 23 heavy (non-hydrogen) atoms. The maximum absolute atomic E-state index is 9.79. The van der Waals surface area contributed by atoms with Crippen molar-refractivity contribution in [1.82, 2.24) is 0 Å². The molecule has 0 heterocycles. The van der Waals surface area contributed by atoms with Gasteiger partial charge in [-0.3, -0.25) is 4.99 Å². The van der Waals surface area contributed by atoms with Crippen LogP contribution in [-0.2, 0) is 0 Å². The van der Waals surface area contributed by atoms with Crippen LogP contribution in [0.2, 0.25) is 0 Å². The fourth-order valence-electron chi connectivity index (χ4n) is 2.37. The van der Waals surface area contributed by atoms with Crippen molar-refractivity contribution in [3.05, 3.63) is 70.9 Å². The molecule has 0 unspecified atom stereocenters. The van der Waals surface area contributed by atoms with Crippen LogP contribution >= 0.6 is 0 Å². The first kappa shape index (κ1) is 17.0. The molecule has 1 aliphatic carbocycles. The van der Waals surface area contributed by atoms with Crippen LogP contribution in [0.1, 0.15) is 46.1 Å². The Morgan fingerprint density at radius 2 is 1.87 bits per heavy atom. The van der Waals surface area contributed by atoms with E-state index in [1.54, 1.807) is 12.1 Å². The predicted octanol–water partition coefficient (Wildman–Crippen LogP) is 5.83. The number of aromatic hydroxyl groups is 1. The van der Waals surface area contributed by atoms with Crippen molar-refractivity contribution in [2.75, 3.05) is 0 Å². The summed E-state index contributed by atoms with van der Waals surface area (Å²) in [6.45, 7) is 8.25. The van der Waals surface area contributed by atoms with Gasteiger partial charge >= 0.3 is 0 Å². The van der Waals surface area contributed by atoms with E-state index in [0.29, 0.717) is 0 Å². The summed E-state index contributed by atoms with van der Waals surface area (Å²) in [5.74, 6) is 0.260.